The fourth-order valence-corrected chi connectivity index (χ4v) is 1.72. The third kappa shape index (κ3) is 2.09. The van der Waals surface area contributed by atoms with E-state index < -0.39 is 11.7 Å². The molecule has 0 saturated carbocycles. The van der Waals surface area contributed by atoms with Crippen molar-refractivity contribution in [2.45, 2.75) is 13.1 Å². The largest absolute Gasteiger partial charge is 0.416 e. The summed E-state index contributed by atoms with van der Waals surface area (Å²) < 4.78 is 37.2. The highest BCUT2D eigenvalue weighted by Crippen LogP contribution is 2.31. The van der Waals surface area contributed by atoms with Crippen LogP contribution in [-0.2, 0) is 6.18 Å². The number of aryl methyl sites for hydroxylation is 1. The second-order valence-electron chi connectivity index (χ2n) is 3.91. The molecule has 2 rings (SSSR count). The van der Waals surface area contributed by atoms with Crippen LogP contribution in [0.15, 0.2) is 30.5 Å². The minimum atomic E-state index is -4.34. The Morgan fingerprint density at radius 2 is 1.78 bits per heavy atom. The van der Waals surface area contributed by atoms with Crippen LogP contribution in [0.2, 0.25) is 0 Å². The molecule has 0 amide bonds. The van der Waals surface area contributed by atoms with Gasteiger partial charge in [-0.15, -0.1) is 0 Å². The lowest BCUT2D eigenvalue weighted by Crippen LogP contribution is -2.04. The van der Waals surface area contributed by atoms with Crippen LogP contribution in [0.4, 0.5) is 13.2 Å². The van der Waals surface area contributed by atoms with E-state index in [1.54, 1.807) is 13.1 Å². The highest BCUT2D eigenvalue weighted by molar-refractivity contribution is 5.69. The first-order chi connectivity index (χ1) is 8.43. The minimum Gasteiger partial charge on any atom is -0.360 e. The fraction of sp³-hybridized carbons (Fsp3) is 0.154. The first kappa shape index (κ1) is 12.2. The normalized spacial score (nSPS) is 11.3. The summed E-state index contributed by atoms with van der Waals surface area (Å²) in [6.07, 6.45) is -2.69. The van der Waals surface area contributed by atoms with E-state index in [1.165, 1.54) is 12.1 Å². The third-order valence-electron chi connectivity index (χ3n) is 2.69. The summed E-state index contributed by atoms with van der Waals surface area (Å²) >= 11 is 0. The maximum atomic E-state index is 12.4. The Morgan fingerprint density at radius 1 is 1.17 bits per heavy atom. The highest BCUT2D eigenvalue weighted by atomic mass is 19.4. The second kappa shape index (κ2) is 4.22. The Bertz CT molecular complexity index is 601. The van der Waals surface area contributed by atoms with Gasteiger partial charge in [0.2, 0.25) is 0 Å². The summed E-state index contributed by atoms with van der Waals surface area (Å²) in [6, 6.07) is 6.76. The first-order valence-corrected chi connectivity index (χ1v) is 5.19. The van der Waals surface area contributed by atoms with Crippen molar-refractivity contribution in [2.75, 3.05) is 0 Å². The van der Waals surface area contributed by atoms with Gasteiger partial charge in [0.1, 0.15) is 6.07 Å². The second-order valence-corrected chi connectivity index (χ2v) is 3.91. The molecular formula is C13H9F3N2. The zero-order chi connectivity index (χ0) is 13.3. The number of alkyl halides is 3. The van der Waals surface area contributed by atoms with Crippen molar-refractivity contribution in [1.29, 1.82) is 5.26 Å². The number of halogens is 3. The summed E-state index contributed by atoms with van der Waals surface area (Å²) in [5, 5.41) is 8.98. The summed E-state index contributed by atoms with van der Waals surface area (Å²) in [7, 11) is 0. The van der Waals surface area contributed by atoms with Gasteiger partial charge in [-0.25, -0.2) is 0 Å². The lowest BCUT2D eigenvalue weighted by molar-refractivity contribution is -0.137. The van der Waals surface area contributed by atoms with Gasteiger partial charge in [0.15, 0.2) is 0 Å². The molecule has 0 aliphatic rings. The molecule has 2 nitrogen and oxygen atoms in total. The van der Waals surface area contributed by atoms with E-state index in [9.17, 15) is 13.2 Å². The number of nitrogens with one attached hydrogen (secondary N) is 1. The van der Waals surface area contributed by atoms with Crippen LogP contribution < -0.4 is 0 Å². The number of hydrogen-bond donors (Lipinski definition) is 1. The Kier molecular flexibility index (Phi) is 2.87. The molecule has 0 unspecified atom stereocenters. The van der Waals surface area contributed by atoms with Crippen molar-refractivity contribution in [3.05, 3.63) is 47.2 Å². The Morgan fingerprint density at radius 3 is 2.28 bits per heavy atom. The van der Waals surface area contributed by atoms with Gasteiger partial charge in [-0.1, -0.05) is 12.1 Å². The highest BCUT2D eigenvalue weighted by Gasteiger charge is 2.30. The van der Waals surface area contributed by atoms with Crippen LogP contribution in [0.3, 0.4) is 0 Å². The lowest BCUT2D eigenvalue weighted by atomic mass is 10.0. The van der Waals surface area contributed by atoms with Gasteiger partial charge in [0.05, 0.1) is 16.8 Å². The summed E-state index contributed by atoms with van der Waals surface area (Å²) in [5.41, 5.74) is 1.63. The van der Waals surface area contributed by atoms with Crippen LogP contribution >= 0.6 is 0 Å². The topological polar surface area (TPSA) is 39.6 Å². The Balaban J connectivity index is 2.45. The number of benzene rings is 1. The maximum Gasteiger partial charge on any atom is 0.416 e. The zero-order valence-corrected chi connectivity index (χ0v) is 9.47. The molecule has 0 fully saturated rings. The fourth-order valence-electron chi connectivity index (χ4n) is 1.72. The molecule has 1 heterocycles. The molecule has 0 spiro atoms. The SMILES string of the molecule is Cc1c[nH]c(-c2ccc(C(F)(F)F)cc2)c1C#N. The third-order valence-corrected chi connectivity index (χ3v) is 2.69. The van der Waals surface area contributed by atoms with Crippen LogP contribution in [0, 0.1) is 18.3 Å². The Labute approximate surface area is 102 Å². The maximum absolute atomic E-state index is 12.4. The van der Waals surface area contributed by atoms with Crippen molar-refractivity contribution in [3.8, 4) is 17.3 Å². The molecule has 0 bridgehead atoms. The van der Waals surface area contributed by atoms with Crippen molar-refractivity contribution in [1.82, 2.24) is 4.98 Å². The zero-order valence-electron chi connectivity index (χ0n) is 9.47. The number of nitrogens with zero attached hydrogens (tertiary/aromatic N) is 1. The van der Waals surface area contributed by atoms with E-state index in [4.69, 9.17) is 5.26 Å². The van der Waals surface area contributed by atoms with Crippen LogP contribution in [0.25, 0.3) is 11.3 Å². The monoisotopic (exact) mass is 250 g/mol. The van der Waals surface area contributed by atoms with E-state index >= 15 is 0 Å². The molecule has 92 valence electrons. The molecule has 1 aromatic carbocycles. The van der Waals surface area contributed by atoms with Crippen molar-refractivity contribution < 1.29 is 13.2 Å². The molecule has 0 aliphatic carbocycles. The molecule has 1 N–H and O–H groups in total. The average Bonchev–Trinajstić information content (AvgIpc) is 2.69. The van der Waals surface area contributed by atoms with E-state index in [-0.39, 0.29) is 0 Å². The van der Waals surface area contributed by atoms with E-state index in [0.29, 0.717) is 16.8 Å². The van der Waals surface area contributed by atoms with E-state index in [2.05, 4.69) is 4.98 Å². The van der Waals surface area contributed by atoms with Crippen molar-refractivity contribution in [3.63, 3.8) is 0 Å². The molecule has 0 radical (unpaired) electrons. The first-order valence-electron chi connectivity index (χ1n) is 5.19. The molecule has 0 atom stereocenters. The summed E-state index contributed by atoms with van der Waals surface area (Å²) in [5.74, 6) is 0. The molecular weight excluding hydrogens is 241 g/mol. The van der Waals surface area contributed by atoms with Crippen LogP contribution in [-0.4, -0.2) is 4.98 Å². The standard InChI is InChI=1S/C13H9F3N2/c1-8-7-18-12(11(8)6-17)9-2-4-10(5-3-9)13(14,15)16/h2-5,7,18H,1H3. The van der Waals surface area contributed by atoms with Gasteiger partial charge in [-0.05, 0) is 30.2 Å². The Hall–Kier alpha value is -2.22. The number of aromatic amines is 1. The smallest absolute Gasteiger partial charge is 0.360 e. The number of hydrogen-bond acceptors (Lipinski definition) is 1. The van der Waals surface area contributed by atoms with Gasteiger partial charge in [0.25, 0.3) is 0 Å². The van der Waals surface area contributed by atoms with Gasteiger partial charge in [-0.3, -0.25) is 0 Å². The number of H-pyrrole nitrogens is 1. The van der Waals surface area contributed by atoms with E-state index in [0.717, 1.165) is 17.7 Å². The molecule has 2 aromatic rings. The quantitative estimate of drug-likeness (QED) is 0.819. The minimum absolute atomic E-state index is 0.453. The van der Waals surface area contributed by atoms with Crippen molar-refractivity contribution >= 4 is 0 Å². The van der Waals surface area contributed by atoms with Crippen LogP contribution in [0.1, 0.15) is 16.7 Å². The predicted octanol–water partition coefficient (Wildman–Crippen LogP) is 3.88. The number of nitriles is 1. The van der Waals surface area contributed by atoms with E-state index in [1.807, 2.05) is 6.07 Å². The lowest BCUT2D eigenvalue weighted by Gasteiger charge is -2.07. The van der Waals surface area contributed by atoms with Gasteiger partial charge in [0, 0.05) is 6.20 Å². The van der Waals surface area contributed by atoms with Gasteiger partial charge < -0.3 is 4.98 Å². The average molecular weight is 250 g/mol. The van der Waals surface area contributed by atoms with Gasteiger partial charge >= 0.3 is 6.18 Å². The summed E-state index contributed by atoms with van der Waals surface area (Å²) in [4.78, 5) is 2.90. The van der Waals surface area contributed by atoms with Crippen LogP contribution in [0.5, 0.6) is 0 Å². The molecule has 5 heteroatoms. The summed E-state index contributed by atoms with van der Waals surface area (Å²) in [6.45, 7) is 1.77. The molecule has 0 saturated heterocycles. The predicted molar refractivity (Wildman–Crippen MR) is 60.7 cm³/mol. The number of rotatable bonds is 1. The van der Waals surface area contributed by atoms with Gasteiger partial charge in [-0.2, -0.15) is 18.4 Å². The molecule has 0 aliphatic heterocycles. The number of aromatic nitrogens is 1. The molecule has 1 aromatic heterocycles. The molecule has 18 heavy (non-hydrogen) atoms. The van der Waals surface area contributed by atoms with Crippen molar-refractivity contribution in [2.24, 2.45) is 0 Å².